The minimum atomic E-state index is -0.584. The summed E-state index contributed by atoms with van der Waals surface area (Å²) in [5.41, 5.74) is -0.584. The van der Waals surface area contributed by atoms with Crippen molar-refractivity contribution in [3.8, 4) is 0 Å². The second kappa shape index (κ2) is 6.75. The fourth-order valence-electron chi connectivity index (χ4n) is 1.15. The largest absolute Gasteiger partial charge is 0.354 e. The summed E-state index contributed by atoms with van der Waals surface area (Å²) in [6, 6.07) is 3.58. The van der Waals surface area contributed by atoms with Gasteiger partial charge in [0.05, 0.1) is 10.3 Å². The second-order valence-corrected chi connectivity index (χ2v) is 5.72. The smallest absolute Gasteiger partial charge is 0.261 e. The van der Waals surface area contributed by atoms with Crippen molar-refractivity contribution in [1.29, 1.82) is 0 Å². The lowest BCUT2D eigenvalue weighted by Crippen LogP contribution is -2.41. The van der Waals surface area contributed by atoms with E-state index in [1.807, 2.05) is 11.4 Å². The molecule has 4 nitrogen and oxygen atoms in total. The zero-order valence-electron chi connectivity index (χ0n) is 10.5. The fourth-order valence-corrected chi connectivity index (χ4v) is 1.91. The van der Waals surface area contributed by atoms with Crippen molar-refractivity contribution in [3.05, 3.63) is 22.4 Å². The highest BCUT2D eigenvalue weighted by Gasteiger charge is 2.25. The molecule has 100 valence electrons. The number of thiophene rings is 1. The highest BCUT2D eigenvalue weighted by molar-refractivity contribution is 7.12. The Morgan fingerprint density at radius 3 is 2.56 bits per heavy atom. The zero-order valence-corrected chi connectivity index (χ0v) is 12.0. The average Bonchev–Trinajstić information content (AvgIpc) is 2.87. The average molecular weight is 289 g/mol. The van der Waals surface area contributed by atoms with Crippen molar-refractivity contribution in [1.82, 2.24) is 10.6 Å². The first-order valence-corrected chi connectivity index (χ1v) is 7.05. The van der Waals surface area contributed by atoms with E-state index < -0.39 is 5.41 Å². The van der Waals surface area contributed by atoms with E-state index in [0.717, 1.165) is 0 Å². The van der Waals surface area contributed by atoms with Crippen molar-refractivity contribution in [2.24, 2.45) is 5.41 Å². The lowest BCUT2D eigenvalue weighted by molar-refractivity contribution is -0.128. The number of carbonyl (C=O) groups is 2. The van der Waals surface area contributed by atoms with Crippen molar-refractivity contribution in [2.75, 3.05) is 19.0 Å². The summed E-state index contributed by atoms with van der Waals surface area (Å²) in [5.74, 6) is 0.0409. The van der Waals surface area contributed by atoms with E-state index in [0.29, 0.717) is 18.0 Å². The molecule has 18 heavy (non-hydrogen) atoms. The van der Waals surface area contributed by atoms with E-state index in [4.69, 9.17) is 11.6 Å². The van der Waals surface area contributed by atoms with Gasteiger partial charge in [-0.3, -0.25) is 9.59 Å². The number of hydrogen-bond acceptors (Lipinski definition) is 3. The molecule has 0 fully saturated rings. The van der Waals surface area contributed by atoms with Gasteiger partial charge in [0.2, 0.25) is 5.91 Å². The molecule has 0 atom stereocenters. The third kappa shape index (κ3) is 4.31. The van der Waals surface area contributed by atoms with Crippen LogP contribution >= 0.6 is 22.9 Å². The predicted octanol–water partition coefficient (Wildman–Crippen LogP) is 1.86. The van der Waals surface area contributed by atoms with Crippen LogP contribution in [0.15, 0.2) is 17.5 Å². The lowest BCUT2D eigenvalue weighted by Gasteiger charge is -2.20. The van der Waals surface area contributed by atoms with Crippen molar-refractivity contribution in [3.63, 3.8) is 0 Å². The molecule has 0 bridgehead atoms. The van der Waals surface area contributed by atoms with E-state index in [1.165, 1.54) is 11.3 Å². The van der Waals surface area contributed by atoms with Gasteiger partial charge in [-0.05, 0) is 25.3 Å². The van der Waals surface area contributed by atoms with Crippen LogP contribution in [-0.2, 0) is 4.79 Å². The molecule has 6 heteroatoms. The van der Waals surface area contributed by atoms with Gasteiger partial charge in [0, 0.05) is 19.0 Å². The zero-order chi connectivity index (χ0) is 13.6. The van der Waals surface area contributed by atoms with Gasteiger partial charge < -0.3 is 10.6 Å². The molecule has 1 aromatic rings. The van der Waals surface area contributed by atoms with Crippen molar-refractivity contribution < 1.29 is 9.59 Å². The molecular weight excluding hydrogens is 272 g/mol. The summed E-state index contributed by atoms with van der Waals surface area (Å²) < 4.78 is 0. The first kappa shape index (κ1) is 15.0. The maximum absolute atomic E-state index is 11.7. The molecule has 1 heterocycles. The standard InChI is InChI=1S/C12H17ClN2O2S/c1-12(2,8-13)11(17)15-6-5-14-10(16)9-4-3-7-18-9/h3-4,7H,5-6,8H2,1-2H3,(H,14,16)(H,15,17). The van der Waals surface area contributed by atoms with Crippen LogP contribution in [-0.4, -0.2) is 30.8 Å². The number of carbonyl (C=O) groups excluding carboxylic acids is 2. The highest BCUT2D eigenvalue weighted by Crippen LogP contribution is 2.16. The van der Waals surface area contributed by atoms with Crippen LogP contribution in [0.25, 0.3) is 0 Å². The van der Waals surface area contributed by atoms with E-state index >= 15 is 0 Å². The van der Waals surface area contributed by atoms with E-state index in [1.54, 1.807) is 19.9 Å². The fraction of sp³-hybridized carbons (Fsp3) is 0.500. The van der Waals surface area contributed by atoms with E-state index in [9.17, 15) is 9.59 Å². The summed E-state index contributed by atoms with van der Waals surface area (Å²) in [5, 5.41) is 7.32. The van der Waals surface area contributed by atoms with Gasteiger partial charge >= 0.3 is 0 Å². The Morgan fingerprint density at radius 1 is 1.33 bits per heavy atom. The van der Waals surface area contributed by atoms with Crippen LogP contribution in [0.4, 0.5) is 0 Å². The molecule has 0 unspecified atom stereocenters. The molecule has 0 aliphatic carbocycles. The quantitative estimate of drug-likeness (QED) is 0.620. The minimum Gasteiger partial charge on any atom is -0.354 e. The molecule has 2 amide bonds. The Hall–Kier alpha value is -1.07. The second-order valence-electron chi connectivity index (χ2n) is 4.51. The molecule has 0 radical (unpaired) electrons. The third-order valence-electron chi connectivity index (χ3n) is 2.39. The summed E-state index contributed by atoms with van der Waals surface area (Å²) >= 11 is 7.08. The molecule has 0 saturated carbocycles. The number of amides is 2. The monoisotopic (exact) mass is 288 g/mol. The van der Waals surface area contributed by atoms with Crippen molar-refractivity contribution in [2.45, 2.75) is 13.8 Å². The van der Waals surface area contributed by atoms with Gasteiger partial charge in [0.15, 0.2) is 0 Å². The minimum absolute atomic E-state index is 0.108. The van der Waals surface area contributed by atoms with Gasteiger partial charge in [-0.2, -0.15) is 0 Å². The Balaban J connectivity index is 2.23. The molecule has 1 aromatic heterocycles. The van der Waals surface area contributed by atoms with Crippen LogP contribution in [0.2, 0.25) is 0 Å². The first-order valence-electron chi connectivity index (χ1n) is 5.63. The number of halogens is 1. The molecular formula is C12H17ClN2O2S. The highest BCUT2D eigenvalue weighted by atomic mass is 35.5. The Kier molecular flexibility index (Phi) is 5.62. The molecule has 2 N–H and O–H groups in total. The number of hydrogen-bond donors (Lipinski definition) is 2. The molecule has 0 aliphatic rings. The first-order chi connectivity index (χ1) is 8.47. The SMILES string of the molecule is CC(C)(CCl)C(=O)NCCNC(=O)c1cccs1. The maximum Gasteiger partial charge on any atom is 0.261 e. The van der Waals surface area contributed by atoms with Crippen LogP contribution < -0.4 is 10.6 Å². The summed E-state index contributed by atoms with van der Waals surface area (Å²) in [6.07, 6.45) is 0. The lowest BCUT2D eigenvalue weighted by atomic mass is 9.95. The predicted molar refractivity (Wildman–Crippen MR) is 74.2 cm³/mol. The maximum atomic E-state index is 11.7. The summed E-state index contributed by atoms with van der Waals surface area (Å²) in [4.78, 5) is 23.9. The van der Waals surface area contributed by atoms with Crippen LogP contribution in [0.3, 0.4) is 0 Å². The van der Waals surface area contributed by atoms with Gasteiger partial charge in [-0.15, -0.1) is 22.9 Å². The van der Waals surface area contributed by atoms with E-state index in [-0.39, 0.29) is 17.7 Å². The van der Waals surface area contributed by atoms with Gasteiger partial charge in [0.1, 0.15) is 0 Å². The Bertz CT molecular complexity index is 404. The Labute approximate surface area is 116 Å². The molecule has 0 saturated heterocycles. The van der Waals surface area contributed by atoms with E-state index in [2.05, 4.69) is 10.6 Å². The molecule has 0 aromatic carbocycles. The third-order valence-corrected chi connectivity index (χ3v) is 3.93. The number of nitrogens with one attached hydrogen (secondary N) is 2. The van der Waals surface area contributed by atoms with Gasteiger partial charge in [-0.1, -0.05) is 6.07 Å². The van der Waals surface area contributed by atoms with Gasteiger partial charge in [-0.25, -0.2) is 0 Å². The normalized spacial score (nSPS) is 11.1. The topological polar surface area (TPSA) is 58.2 Å². The Morgan fingerprint density at radius 2 is 2.00 bits per heavy atom. The van der Waals surface area contributed by atoms with Crippen LogP contribution in [0.1, 0.15) is 23.5 Å². The van der Waals surface area contributed by atoms with Crippen molar-refractivity contribution >= 4 is 34.8 Å². The molecule has 0 spiro atoms. The molecule has 0 aliphatic heterocycles. The number of rotatable bonds is 6. The summed E-state index contributed by atoms with van der Waals surface area (Å²) in [6.45, 7) is 4.36. The van der Waals surface area contributed by atoms with Crippen LogP contribution in [0.5, 0.6) is 0 Å². The van der Waals surface area contributed by atoms with Gasteiger partial charge in [0.25, 0.3) is 5.91 Å². The molecule has 1 rings (SSSR count). The summed E-state index contributed by atoms with van der Waals surface area (Å²) in [7, 11) is 0. The van der Waals surface area contributed by atoms with Crippen LogP contribution in [0, 0.1) is 5.41 Å². The number of alkyl halides is 1.